The number of carbonyl (C=O) groups excluding carboxylic acids is 1. The average Bonchev–Trinajstić information content (AvgIpc) is 3.11. The molecule has 25 heavy (non-hydrogen) atoms. The van der Waals surface area contributed by atoms with Crippen molar-refractivity contribution in [1.82, 2.24) is 19.9 Å². The van der Waals surface area contributed by atoms with Gasteiger partial charge in [0.2, 0.25) is 0 Å². The second-order valence-corrected chi connectivity index (χ2v) is 7.00. The topological polar surface area (TPSA) is 68.2 Å². The molecule has 0 saturated carbocycles. The van der Waals surface area contributed by atoms with Gasteiger partial charge in [0.05, 0.1) is 0 Å². The summed E-state index contributed by atoms with van der Waals surface area (Å²) in [6, 6.07) is 4.12. The van der Waals surface area contributed by atoms with Crippen LogP contribution in [0.25, 0.3) is 11.1 Å². The number of aryl methyl sites for hydroxylation is 1. The third kappa shape index (κ3) is 3.69. The molecule has 0 spiro atoms. The summed E-state index contributed by atoms with van der Waals surface area (Å²) in [5.41, 5.74) is 3.22. The monoisotopic (exact) mass is 340 g/mol. The zero-order chi connectivity index (χ0) is 18.0. The number of pyridine rings is 1. The Morgan fingerprint density at radius 3 is 2.64 bits per heavy atom. The molecule has 6 heteroatoms. The van der Waals surface area contributed by atoms with Crippen LogP contribution < -0.4 is 0 Å². The fourth-order valence-corrected chi connectivity index (χ4v) is 3.17. The Morgan fingerprint density at radius 1 is 1.24 bits per heavy atom. The molecule has 3 heterocycles. The van der Waals surface area contributed by atoms with E-state index in [0.717, 1.165) is 35.5 Å². The van der Waals surface area contributed by atoms with E-state index < -0.39 is 5.60 Å². The molecule has 1 atom stereocenters. The molecule has 1 aliphatic heterocycles. The number of amides is 1. The number of carbonyl (C=O) groups is 1. The molecule has 132 valence electrons. The summed E-state index contributed by atoms with van der Waals surface area (Å²) in [6.45, 7) is 7.01. The first kappa shape index (κ1) is 17.5. The van der Waals surface area contributed by atoms with Crippen LogP contribution in [0.3, 0.4) is 0 Å². The molecule has 1 fully saturated rings. The quantitative estimate of drug-likeness (QED) is 0.856. The van der Waals surface area contributed by atoms with Crippen molar-refractivity contribution in [1.29, 1.82) is 0 Å². The van der Waals surface area contributed by atoms with Gasteiger partial charge in [-0.2, -0.15) is 0 Å². The zero-order valence-corrected chi connectivity index (χ0v) is 15.2. The van der Waals surface area contributed by atoms with E-state index in [-0.39, 0.29) is 11.8 Å². The fourth-order valence-electron chi connectivity index (χ4n) is 3.17. The molecule has 1 aliphatic rings. The Kier molecular flexibility index (Phi) is 4.81. The maximum absolute atomic E-state index is 12.6. The highest BCUT2D eigenvalue weighted by Gasteiger charge is 2.36. The number of ether oxygens (including phenoxy) is 1. The van der Waals surface area contributed by atoms with Crippen LogP contribution in [0.2, 0.25) is 0 Å². The average molecular weight is 340 g/mol. The summed E-state index contributed by atoms with van der Waals surface area (Å²) >= 11 is 0. The van der Waals surface area contributed by atoms with Crippen LogP contribution in [0.5, 0.6) is 0 Å². The molecule has 3 rings (SSSR count). The molecular weight excluding hydrogens is 316 g/mol. The predicted molar refractivity (Wildman–Crippen MR) is 95.0 cm³/mol. The first-order chi connectivity index (χ1) is 11.9. The third-order valence-corrected chi connectivity index (χ3v) is 4.79. The number of rotatable bonds is 4. The van der Waals surface area contributed by atoms with Crippen molar-refractivity contribution in [3.63, 3.8) is 0 Å². The lowest BCUT2D eigenvalue weighted by Crippen LogP contribution is -2.45. The van der Waals surface area contributed by atoms with Gasteiger partial charge in [0, 0.05) is 55.5 Å². The highest BCUT2D eigenvalue weighted by Crippen LogP contribution is 2.30. The summed E-state index contributed by atoms with van der Waals surface area (Å²) in [6.07, 6.45) is 6.04. The Labute approximate surface area is 148 Å². The van der Waals surface area contributed by atoms with Gasteiger partial charge >= 0.3 is 0 Å². The minimum Gasteiger partial charge on any atom is -0.369 e. The van der Waals surface area contributed by atoms with E-state index in [9.17, 15) is 4.79 Å². The van der Waals surface area contributed by atoms with Crippen LogP contribution in [-0.4, -0.2) is 51.6 Å². The highest BCUT2D eigenvalue weighted by molar-refractivity contribution is 5.84. The van der Waals surface area contributed by atoms with E-state index in [0.29, 0.717) is 6.54 Å². The third-order valence-electron chi connectivity index (χ3n) is 4.79. The van der Waals surface area contributed by atoms with Gasteiger partial charge in [-0.1, -0.05) is 0 Å². The van der Waals surface area contributed by atoms with Crippen LogP contribution in [0.4, 0.5) is 0 Å². The summed E-state index contributed by atoms with van der Waals surface area (Å²) in [5, 5.41) is 0. The van der Waals surface area contributed by atoms with E-state index >= 15 is 0 Å². The van der Waals surface area contributed by atoms with E-state index in [1.165, 1.54) is 6.33 Å². The van der Waals surface area contributed by atoms with Crippen molar-refractivity contribution in [3.05, 3.63) is 42.2 Å². The van der Waals surface area contributed by atoms with Crippen LogP contribution in [0.1, 0.15) is 37.6 Å². The normalized spacial score (nSPS) is 17.8. The molecule has 0 radical (unpaired) electrons. The van der Waals surface area contributed by atoms with Gasteiger partial charge in [-0.15, -0.1) is 0 Å². The van der Waals surface area contributed by atoms with Gasteiger partial charge < -0.3 is 9.64 Å². The minimum absolute atomic E-state index is 0.0295. The fraction of sp³-hybridized carbons (Fsp3) is 0.474. The first-order valence-corrected chi connectivity index (χ1v) is 8.49. The Hall–Kier alpha value is -2.34. The number of likely N-dealkylation sites (tertiary alicyclic amines) is 1. The largest absolute Gasteiger partial charge is 0.369 e. The van der Waals surface area contributed by atoms with Crippen LogP contribution in [0, 0.1) is 6.92 Å². The predicted octanol–water partition coefficient (Wildman–Crippen LogP) is 2.59. The molecule has 1 unspecified atom stereocenters. The lowest BCUT2D eigenvalue weighted by Gasteiger charge is -2.28. The zero-order valence-electron chi connectivity index (χ0n) is 15.2. The number of hydrogen-bond donors (Lipinski definition) is 0. The molecule has 0 aliphatic carbocycles. The molecule has 0 aromatic carbocycles. The van der Waals surface area contributed by atoms with Gasteiger partial charge in [-0.25, -0.2) is 9.97 Å². The molecule has 0 N–H and O–H groups in total. The summed E-state index contributed by atoms with van der Waals surface area (Å²) in [4.78, 5) is 27.4. The van der Waals surface area contributed by atoms with Gasteiger partial charge in [-0.05, 0) is 44.9 Å². The maximum Gasteiger partial charge on any atom is 0.254 e. The molecule has 2 aromatic rings. The van der Waals surface area contributed by atoms with Crippen LogP contribution >= 0.6 is 0 Å². The van der Waals surface area contributed by atoms with Crippen molar-refractivity contribution in [2.45, 2.75) is 38.7 Å². The number of nitrogens with zero attached hydrogens (tertiary/aromatic N) is 4. The van der Waals surface area contributed by atoms with Gasteiger partial charge in [-0.3, -0.25) is 9.78 Å². The number of aromatic nitrogens is 3. The van der Waals surface area contributed by atoms with Crippen molar-refractivity contribution >= 4 is 5.91 Å². The Bertz CT molecular complexity index is 761. The maximum atomic E-state index is 12.6. The van der Waals surface area contributed by atoms with E-state index in [1.807, 2.05) is 17.9 Å². The van der Waals surface area contributed by atoms with Crippen LogP contribution in [0.15, 0.2) is 30.9 Å². The lowest BCUT2D eigenvalue weighted by molar-refractivity contribution is -0.149. The Morgan fingerprint density at radius 2 is 1.96 bits per heavy atom. The Balaban J connectivity index is 1.82. The summed E-state index contributed by atoms with van der Waals surface area (Å²) < 4.78 is 5.33. The van der Waals surface area contributed by atoms with Gasteiger partial charge in [0.15, 0.2) is 0 Å². The SMILES string of the molecule is COC(C)(C)C(=O)N1CCC(c2cc(-c3cncnc3)cc(C)n2)C1. The smallest absolute Gasteiger partial charge is 0.254 e. The summed E-state index contributed by atoms with van der Waals surface area (Å²) in [7, 11) is 1.57. The number of methoxy groups -OCH3 is 1. The van der Waals surface area contributed by atoms with Crippen molar-refractivity contribution in [2.24, 2.45) is 0 Å². The lowest BCUT2D eigenvalue weighted by atomic mass is 9.99. The first-order valence-electron chi connectivity index (χ1n) is 8.49. The molecule has 0 bridgehead atoms. The highest BCUT2D eigenvalue weighted by atomic mass is 16.5. The number of hydrogen-bond acceptors (Lipinski definition) is 5. The molecular formula is C19H24N4O2. The van der Waals surface area contributed by atoms with Crippen LogP contribution in [-0.2, 0) is 9.53 Å². The second-order valence-electron chi connectivity index (χ2n) is 7.00. The van der Waals surface area contributed by atoms with E-state index in [4.69, 9.17) is 9.72 Å². The molecule has 6 nitrogen and oxygen atoms in total. The van der Waals surface area contributed by atoms with Crippen molar-refractivity contribution in [3.8, 4) is 11.1 Å². The van der Waals surface area contributed by atoms with Crippen molar-refractivity contribution in [2.75, 3.05) is 20.2 Å². The summed E-state index contributed by atoms with van der Waals surface area (Å²) in [5.74, 6) is 0.265. The van der Waals surface area contributed by atoms with Gasteiger partial charge in [0.1, 0.15) is 11.9 Å². The van der Waals surface area contributed by atoms with E-state index in [2.05, 4.69) is 16.0 Å². The molecule has 2 aromatic heterocycles. The van der Waals surface area contributed by atoms with Crippen molar-refractivity contribution < 1.29 is 9.53 Å². The van der Waals surface area contributed by atoms with E-state index in [1.54, 1.807) is 33.4 Å². The minimum atomic E-state index is -0.790. The van der Waals surface area contributed by atoms with Gasteiger partial charge in [0.25, 0.3) is 5.91 Å². The standard InChI is InChI=1S/C19H24N4O2/c1-13-7-15(16-9-20-12-21-10-16)8-17(22-13)14-5-6-23(11-14)18(24)19(2,3)25-4/h7-10,12,14H,5-6,11H2,1-4H3. The second kappa shape index (κ2) is 6.88. The molecule has 1 saturated heterocycles. The molecule has 1 amide bonds.